The summed E-state index contributed by atoms with van der Waals surface area (Å²) in [5.41, 5.74) is 4.19. The molecule has 5 heteroatoms. The molecular formula is C22H25N4O+. The fourth-order valence-electron chi connectivity index (χ4n) is 3.59. The van der Waals surface area contributed by atoms with Crippen molar-refractivity contribution >= 4 is 17.2 Å². The lowest BCUT2D eigenvalue weighted by Gasteiger charge is -2.24. The molecule has 0 radical (unpaired) electrons. The number of anilines is 2. The number of allylic oxidation sites excluding steroid dienone is 6. The fourth-order valence-corrected chi connectivity index (χ4v) is 3.59. The van der Waals surface area contributed by atoms with Crippen molar-refractivity contribution in [2.24, 2.45) is 0 Å². The van der Waals surface area contributed by atoms with E-state index in [1.807, 2.05) is 60.3 Å². The number of nitrogens with zero attached hydrogens (tertiary/aromatic N) is 3. The Kier molecular flexibility index (Phi) is 5.18. The summed E-state index contributed by atoms with van der Waals surface area (Å²) in [5, 5.41) is 7.80. The Balaban J connectivity index is 1.98. The van der Waals surface area contributed by atoms with Crippen LogP contribution < -0.4 is 15.1 Å². The maximum absolute atomic E-state index is 12.6. The predicted molar refractivity (Wildman–Crippen MR) is 108 cm³/mol. The maximum atomic E-state index is 12.6. The molecule has 1 aliphatic heterocycles. The number of carbonyl (C=O) groups is 1. The highest BCUT2D eigenvalue weighted by molar-refractivity contribution is 6.08. The molecule has 2 aliphatic rings. The van der Waals surface area contributed by atoms with Crippen LogP contribution in [0.15, 0.2) is 71.2 Å². The van der Waals surface area contributed by atoms with Gasteiger partial charge >= 0.3 is 6.07 Å². The van der Waals surface area contributed by atoms with Crippen LogP contribution in [0.3, 0.4) is 0 Å². The minimum Gasteiger partial charge on any atom is -0.372 e. The van der Waals surface area contributed by atoms with Gasteiger partial charge in [-0.15, -0.1) is 0 Å². The number of likely N-dealkylation sites (N-methyl/N-ethyl adjacent to an activating group) is 1. The van der Waals surface area contributed by atoms with Crippen molar-refractivity contribution in [3.05, 3.63) is 71.2 Å². The van der Waals surface area contributed by atoms with Gasteiger partial charge in [0, 0.05) is 44.5 Å². The second-order valence-electron chi connectivity index (χ2n) is 6.51. The minimum absolute atomic E-state index is 0.0476. The molecule has 0 atom stereocenters. The molecule has 27 heavy (non-hydrogen) atoms. The quantitative estimate of drug-likeness (QED) is 0.657. The zero-order valence-corrected chi connectivity index (χ0v) is 16.3. The van der Waals surface area contributed by atoms with Gasteiger partial charge < -0.3 is 14.7 Å². The summed E-state index contributed by atoms with van der Waals surface area (Å²) in [6.07, 6.45) is 7.21. The number of hydrogen-bond acceptors (Lipinski definition) is 4. The van der Waals surface area contributed by atoms with Crippen molar-refractivity contribution in [1.82, 2.24) is 4.90 Å². The smallest absolute Gasteiger partial charge is 0.312 e. The van der Waals surface area contributed by atoms with Gasteiger partial charge in [0.2, 0.25) is 0 Å². The Bertz CT molecular complexity index is 895. The van der Waals surface area contributed by atoms with E-state index in [4.69, 9.17) is 5.26 Å². The summed E-state index contributed by atoms with van der Waals surface area (Å²) >= 11 is 0. The third kappa shape index (κ3) is 3.26. The first kappa shape index (κ1) is 18.5. The van der Waals surface area contributed by atoms with Gasteiger partial charge in [-0.05, 0) is 44.2 Å². The van der Waals surface area contributed by atoms with Crippen LogP contribution in [0, 0.1) is 6.07 Å². The average molecular weight is 361 g/mol. The molecule has 0 amide bonds. The number of para-hydroxylation sites is 2. The van der Waals surface area contributed by atoms with Gasteiger partial charge in [0.1, 0.15) is 11.4 Å². The number of benzene rings is 1. The van der Waals surface area contributed by atoms with Crippen LogP contribution in [-0.2, 0) is 4.79 Å². The lowest BCUT2D eigenvalue weighted by Crippen LogP contribution is -2.27. The second kappa shape index (κ2) is 7.55. The third-order valence-corrected chi connectivity index (χ3v) is 5.04. The summed E-state index contributed by atoms with van der Waals surface area (Å²) in [4.78, 5) is 18.8. The van der Waals surface area contributed by atoms with Crippen LogP contribution in [0.25, 0.3) is 0 Å². The molecular weight excluding hydrogens is 336 g/mol. The molecule has 0 saturated carbocycles. The summed E-state index contributed by atoms with van der Waals surface area (Å²) in [5.74, 6) is 0.784. The van der Waals surface area contributed by atoms with Gasteiger partial charge in [-0.25, -0.2) is 0 Å². The Hall–Kier alpha value is -3.26. The van der Waals surface area contributed by atoms with Gasteiger partial charge in [-0.1, -0.05) is 17.4 Å². The van der Waals surface area contributed by atoms with Crippen LogP contribution in [0.4, 0.5) is 11.4 Å². The first-order valence-electron chi connectivity index (χ1n) is 9.16. The first-order chi connectivity index (χ1) is 13.0. The van der Waals surface area contributed by atoms with Crippen molar-refractivity contribution in [3.8, 4) is 6.07 Å². The highest BCUT2D eigenvalue weighted by Gasteiger charge is 2.29. The van der Waals surface area contributed by atoms with Crippen molar-refractivity contribution in [3.63, 3.8) is 0 Å². The van der Waals surface area contributed by atoms with Crippen molar-refractivity contribution < 1.29 is 10.1 Å². The number of hydrogen-bond donors (Lipinski definition) is 1. The molecule has 1 heterocycles. The summed E-state index contributed by atoms with van der Waals surface area (Å²) in [6.45, 7) is 5.86. The van der Waals surface area contributed by atoms with Gasteiger partial charge in [-0.3, -0.25) is 4.79 Å². The van der Waals surface area contributed by atoms with Crippen LogP contribution in [0.2, 0.25) is 0 Å². The topological polar surface area (TPSA) is 50.6 Å². The maximum Gasteiger partial charge on any atom is 0.312 e. The fraction of sp³-hybridized carbons (Fsp3) is 0.273. The standard InChI is InChI=1S/C22H24N4O/c1-5-26(6-2)18-12-11-16(21(27)14-18)13-17(15-23)22-24(3)19-9-7-8-10-20(19)25(22)4/h7-14H,5-6H2,1-4H3/p+1. The number of nitrogens with one attached hydrogen (secondary N) is 1. The van der Waals surface area contributed by atoms with Crippen LogP contribution in [-0.4, -0.2) is 37.9 Å². The van der Waals surface area contributed by atoms with Crippen molar-refractivity contribution in [2.75, 3.05) is 37.0 Å². The summed E-state index contributed by atoms with van der Waals surface area (Å²) < 4.78 is 0. The zero-order valence-electron chi connectivity index (χ0n) is 16.3. The minimum atomic E-state index is -0.0476. The van der Waals surface area contributed by atoms with Crippen molar-refractivity contribution in [1.29, 1.82) is 0 Å². The van der Waals surface area contributed by atoms with Crippen LogP contribution in [0.5, 0.6) is 0 Å². The van der Waals surface area contributed by atoms with E-state index in [9.17, 15) is 4.79 Å². The molecule has 0 fully saturated rings. The highest BCUT2D eigenvalue weighted by Crippen LogP contribution is 2.40. The normalized spacial score (nSPS) is 17.1. The van der Waals surface area contributed by atoms with Crippen molar-refractivity contribution in [2.45, 2.75) is 13.8 Å². The van der Waals surface area contributed by atoms with Gasteiger partial charge in [-0.2, -0.15) is 0 Å². The van der Waals surface area contributed by atoms with E-state index >= 15 is 0 Å². The number of fused-ring (bicyclic) bond motifs is 1. The predicted octanol–water partition coefficient (Wildman–Crippen LogP) is 1.85. The molecule has 5 nitrogen and oxygen atoms in total. The molecule has 0 spiro atoms. The number of carbonyl (C=O) groups excluding carboxylic acids is 1. The van der Waals surface area contributed by atoms with E-state index in [0.717, 1.165) is 36.0 Å². The average Bonchev–Trinajstić information content (AvgIpc) is 2.93. The van der Waals surface area contributed by atoms with E-state index in [1.54, 1.807) is 12.2 Å². The SMILES string of the molecule is CCN(CC)C1=CC(=O)C(=CC(C#[NH+])=C2N(C)c3ccccc3N2C)C=C1. The summed E-state index contributed by atoms with van der Waals surface area (Å²) in [6, 6.07) is 10.6. The van der Waals surface area contributed by atoms with E-state index in [0.29, 0.717) is 11.1 Å². The van der Waals surface area contributed by atoms with Gasteiger partial charge in [0.25, 0.3) is 0 Å². The molecule has 1 aromatic carbocycles. The molecule has 0 bridgehead atoms. The number of ketones is 1. The molecule has 1 N–H and O–H groups in total. The molecule has 1 aromatic rings. The molecule has 0 unspecified atom stereocenters. The molecule has 0 aromatic heterocycles. The Morgan fingerprint density at radius 2 is 1.70 bits per heavy atom. The molecule has 138 valence electrons. The van der Waals surface area contributed by atoms with E-state index in [1.165, 1.54) is 0 Å². The Morgan fingerprint density at radius 1 is 1.11 bits per heavy atom. The van der Waals surface area contributed by atoms with Crippen LogP contribution >= 0.6 is 0 Å². The second-order valence-corrected chi connectivity index (χ2v) is 6.51. The van der Waals surface area contributed by atoms with E-state index in [2.05, 4.69) is 24.8 Å². The van der Waals surface area contributed by atoms with Crippen LogP contribution in [0.1, 0.15) is 13.8 Å². The van der Waals surface area contributed by atoms with E-state index in [-0.39, 0.29) is 5.78 Å². The first-order valence-corrected chi connectivity index (χ1v) is 9.16. The highest BCUT2D eigenvalue weighted by atomic mass is 16.1. The largest absolute Gasteiger partial charge is 0.372 e. The molecule has 0 saturated heterocycles. The summed E-state index contributed by atoms with van der Waals surface area (Å²) in [7, 11) is 3.93. The monoisotopic (exact) mass is 361 g/mol. The zero-order chi connectivity index (χ0) is 19.6. The van der Waals surface area contributed by atoms with Gasteiger partial charge in [0.05, 0.1) is 11.4 Å². The lowest BCUT2D eigenvalue weighted by atomic mass is 10.0. The molecule has 3 rings (SSSR count). The Morgan fingerprint density at radius 3 is 2.19 bits per heavy atom. The van der Waals surface area contributed by atoms with E-state index < -0.39 is 0 Å². The Labute approximate surface area is 160 Å². The third-order valence-electron chi connectivity index (χ3n) is 5.04. The lowest BCUT2D eigenvalue weighted by molar-refractivity contribution is -0.111. The van der Waals surface area contributed by atoms with Gasteiger partial charge in [0.15, 0.2) is 5.78 Å². The number of rotatable bonds is 4. The molecule has 1 aliphatic carbocycles.